The van der Waals surface area contributed by atoms with E-state index >= 15 is 0 Å². The van der Waals surface area contributed by atoms with Gasteiger partial charge < -0.3 is 9.84 Å². The number of aromatic nitrogens is 1. The van der Waals surface area contributed by atoms with E-state index in [2.05, 4.69) is 32.5 Å². The van der Waals surface area contributed by atoms with E-state index in [4.69, 9.17) is 4.52 Å². The minimum Gasteiger partial charge on any atom is -0.355 e. The third kappa shape index (κ3) is 1.59. The molecule has 0 aliphatic heterocycles. The minimum absolute atomic E-state index is 0.763. The molecule has 4 heteroatoms. The molecule has 3 nitrogen and oxygen atoms in total. The van der Waals surface area contributed by atoms with Crippen LogP contribution in [0.25, 0.3) is 11.0 Å². The van der Waals surface area contributed by atoms with E-state index in [1.807, 2.05) is 19.2 Å². The summed E-state index contributed by atoms with van der Waals surface area (Å²) in [6.45, 7) is 0.842. The smallest absolute Gasteiger partial charge is 0.168 e. The Hall–Kier alpha value is -0.870. The first-order valence-electron chi connectivity index (χ1n) is 3.99. The van der Waals surface area contributed by atoms with Gasteiger partial charge in [-0.25, -0.2) is 0 Å². The Morgan fingerprint density at radius 2 is 2.38 bits per heavy atom. The van der Waals surface area contributed by atoms with Crippen molar-refractivity contribution in [1.82, 2.24) is 10.5 Å². The number of hydrogen-bond acceptors (Lipinski definition) is 3. The van der Waals surface area contributed by atoms with Crippen LogP contribution in [0.1, 0.15) is 5.56 Å². The second kappa shape index (κ2) is 3.47. The lowest BCUT2D eigenvalue weighted by molar-refractivity contribution is 0.451. The second-order valence-electron chi connectivity index (χ2n) is 2.83. The van der Waals surface area contributed by atoms with E-state index in [0.29, 0.717) is 0 Å². The molecule has 0 fully saturated rings. The molecule has 0 aliphatic carbocycles. The molecule has 0 saturated carbocycles. The minimum atomic E-state index is 0.763. The van der Waals surface area contributed by atoms with Crippen LogP contribution >= 0.6 is 15.9 Å². The molecule has 1 heterocycles. The maximum Gasteiger partial charge on any atom is 0.168 e. The van der Waals surface area contributed by atoms with Crippen LogP contribution in [0.4, 0.5) is 0 Å². The fraction of sp³-hybridized carbons (Fsp3) is 0.222. The highest BCUT2D eigenvalue weighted by Gasteiger charge is 2.04. The highest BCUT2D eigenvalue weighted by Crippen LogP contribution is 2.23. The van der Waals surface area contributed by atoms with Crippen LogP contribution in [0.3, 0.4) is 0 Å². The third-order valence-corrected chi connectivity index (χ3v) is 2.45. The molecule has 0 radical (unpaired) electrons. The summed E-state index contributed by atoms with van der Waals surface area (Å²) in [6.07, 6.45) is 0. The summed E-state index contributed by atoms with van der Waals surface area (Å²) in [5.41, 5.74) is 2.01. The van der Waals surface area contributed by atoms with E-state index in [9.17, 15) is 0 Å². The molecule has 0 aliphatic rings. The lowest BCUT2D eigenvalue weighted by Crippen LogP contribution is -2.04. The normalized spacial score (nSPS) is 10.9. The average Bonchev–Trinajstić information content (AvgIpc) is 2.48. The Morgan fingerprint density at radius 1 is 1.54 bits per heavy atom. The molecule has 2 aromatic rings. The predicted octanol–water partition coefficient (Wildman–Crippen LogP) is 2.31. The number of nitrogens with one attached hydrogen (secondary N) is 1. The van der Waals surface area contributed by atoms with Crippen LogP contribution in [0.2, 0.25) is 0 Å². The topological polar surface area (TPSA) is 38.1 Å². The van der Waals surface area contributed by atoms with Crippen molar-refractivity contribution in [3.05, 3.63) is 28.4 Å². The largest absolute Gasteiger partial charge is 0.355 e. The van der Waals surface area contributed by atoms with E-state index in [-0.39, 0.29) is 0 Å². The first-order valence-corrected chi connectivity index (χ1v) is 4.79. The fourth-order valence-electron chi connectivity index (χ4n) is 1.27. The zero-order valence-corrected chi connectivity index (χ0v) is 8.76. The highest BCUT2D eigenvalue weighted by molar-refractivity contribution is 9.10. The molecule has 0 bridgehead atoms. The first kappa shape index (κ1) is 8.72. The Labute approximate surface area is 84.2 Å². The van der Waals surface area contributed by atoms with E-state index in [0.717, 1.165) is 22.1 Å². The van der Waals surface area contributed by atoms with Gasteiger partial charge in [0.1, 0.15) is 0 Å². The molecular formula is C9H9BrN2O. The maximum atomic E-state index is 5.11. The molecule has 0 unspecified atom stereocenters. The monoisotopic (exact) mass is 240 g/mol. The van der Waals surface area contributed by atoms with Crippen LogP contribution in [0, 0.1) is 0 Å². The van der Waals surface area contributed by atoms with Crippen LogP contribution < -0.4 is 5.32 Å². The summed E-state index contributed by atoms with van der Waals surface area (Å²) >= 11 is 3.31. The van der Waals surface area contributed by atoms with E-state index in [1.165, 1.54) is 5.56 Å². The van der Waals surface area contributed by atoms with Crippen molar-refractivity contribution in [2.75, 3.05) is 7.05 Å². The number of rotatable bonds is 2. The molecule has 68 valence electrons. The Kier molecular flexibility index (Phi) is 2.33. The van der Waals surface area contributed by atoms with Crippen molar-refractivity contribution >= 4 is 26.9 Å². The van der Waals surface area contributed by atoms with E-state index in [1.54, 1.807) is 0 Å². The molecule has 0 amide bonds. The zero-order chi connectivity index (χ0) is 9.26. The quantitative estimate of drug-likeness (QED) is 0.876. The summed E-state index contributed by atoms with van der Waals surface area (Å²) < 4.78 is 5.87. The average molecular weight is 241 g/mol. The van der Waals surface area contributed by atoms with Crippen molar-refractivity contribution in [2.24, 2.45) is 0 Å². The van der Waals surface area contributed by atoms with Gasteiger partial charge in [0.15, 0.2) is 10.2 Å². The Balaban J connectivity index is 2.50. The number of fused-ring (bicyclic) bond motifs is 1. The van der Waals surface area contributed by atoms with Gasteiger partial charge in [0.05, 0.1) is 5.39 Å². The number of halogens is 1. The summed E-state index contributed by atoms with van der Waals surface area (Å²) in [7, 11) is 1.92. The van der Waals surface area contributed by atoms with Crippen molar-refractivity contribution in [3.8, 4) is 0 Å². The number of nitrogens with zero attached hydrogens (tertiary/aromatic N) is 1. The number of benzene rings is 1. The lowest BCUT2D eigenvalue weighted by atomic mass is 10.2. The Bertz CT molecular complexity index is 424. The van der Waals surface area contributed by atoms with Gasteiger partial charge in [0, 0.05) is 6.54 Å². The summed E-state index contributed by atoms with van der Waals surface area (Å²) in [5, 5.41) is 7.91. The van der Waals surface area contributed by atoms with E-state index < -0.39 is 0 Å². The van der Waals surface area contributed by atoms with Crippen LogP contribution in [0.15, 0.2) is 27.3 Å². The van der Waals surface area contributed by atoms with Gasteiger partial charge in [-0.1, -0.05) is 11.2 Å². The van der Waals surface area contributed by atoms with Gasteiger partial charge in [-0.3, -0.25) is 0 Å². The first-order chi connectivity index (χ1) is 6.31. The summed E-state index contributed by atoms with van der Waals surface area (Å²) in [5.74, 6) is 0. The predicted molar refractivity (Wildman–Crippen MR) is 54.5 cm³/mol. The van der Waals surface area contributed by atoms with Gasteiger partial charge in [-0.05, 0) is 40.7 Å². The maximum absolute atomic E-state index is 5.11. The van der Waals surface area contributed by atoms with Crippen molar-refractivity contribution in [3.63, 3.8) is 0 Å². The van der Waals surface area contributed by atoms with Crippen molar-refractivity contribution in [1.29, 1.82) is 0 Å². The van der Waals surface area contributed by atoms with Crippen molar-refractivity contribution < 1.29 is 4.52 Å². The molecule has 0 spiro atoms. The van der Waals surface area contributed by atoms with Crippen LogP contribution in [-0.2, 0) is 6.54 Å². The fourth-order valence-corrected chi connectivity index (χ4v) is 1.67. The van der Waals surface area contributed by atoms with Gasteiger partial charge in [-0.2, -0.15) is 0 Å². The summed E-state index contributed by atoms with van der Waals surface area (Å²) in [6, 6.07) is 6.05. The molecule has 1 aromatic carbocycles. The van der Waals surface area contributed by atoms with Crippen LogP contribution in [-0.4, -0.2) is 12.2 Å². The molecular weight excluding hydrogens is 232 g/mol. The van der Waals surface area contributed by atoms with Gasteiger partial charge in [0.25, 0.3) is 0 Å². The molecule has 1 N–H and O–H groups in total. The molecule has 0 saturated heterocycles. The molecule has 0 atom stereocenters. The highest BCUT2D eigenvalue weighted by atomic mass is 79.9. The van der Waals surface area contributed by atoms with Gasteiger partial charge in [-0.15, -0.1) is 0 Å². The zero-order valence-electron chi connectivity index (χ0n) is 7.17. The second-order valence-corrected chi connectivity index (χ2v) is 3.59. The van der Waals surface area contributed by atoms with Crippen LogP contribution in [0.5, 0.6) is 0 Å². The molecule has 1 aromatic heterocycles. The van der Waals surface area contributed by atoms with Gasteiger partial charge in [0.2, 0.25) is 0 Å². The van der Waals surface area contributed by atoms with Crippen molar-refractivity contribution in [2.45, 2.75) is 6.54 Å². The standard InChI is InChI=1S/C9H9BrN2O/c1-11-5-6-2-3-7-8(4-6)13-12-9(7)10/h2-4,11H,5H2,1H3. The summed E-state index contributed by atoms with van der Waals surface area (Å²) in [4.78, 5) is 0. The Morgan fingerprint density at radius 3 is 3.15 bits per heavy atom. The lowest BCUT2D eigenvalue weighted by Gasteiger charge is -1.97. The van der Waals surface area contributed by atoms with Gasteiger partial charge >= 0.3 is 0 Å². The number of hydrogen-bond donors (Lipinski definition) is 1. The molecule has 2 rings (SSSR count). The molecule has 13 heavy (non-hydrogen) atoms. The third-order valence-electron chi connectivity index (χ3n) is 1.87. The SMILES string of the molecule is CNCc1ccc2c(Br)noc2c1.